The van der Waals surface area contributed by atoms with Crippen LogP contribution in [0.3, 0.4) is 0 Å². The second-order valence-corrected chi connectivity index (χ2v) is 7.87. The van der Waals surface area contributed by atoms with Crippen LogP contribution >= 0.6 is 0 Å². The van der Waals surface area contributed by atoms with Crippen molar-refractivity contribution >= 4 is 0 Å². The van der Waals surface area contributed by atoms with E-state index in [0.29, 0.717) is 6.04 Å². The van der Waals surface area contributed by atoms with Gasteiger partial charge in [0, 0.05) is 37.0 Å². The van der Waals surface area contributed by atoms with E-state index in [9.17, 15) is 0 Å². The van der Waals surface area contributed by atoms with E-state index in [0.717, 1.165) is 42.4 Å². The summed E-state index contributed by atoms with van der Waals surface area (Å²) >= 11 is 0. The van der Waals surface area contributed by atoms with Crippen LogP contribution in [0.5, 0.6) is 5.75 Å². The minimum atomic E-state index is 0.230. The zero-order valence-corrected chi connectivity index (χ0v) is 16.0. The molecule has 1 aromatic heterocycles. The third-order valence-corrected chi connectivity index (χ3v) is 6.02. The van der Waals surface area contributed by atoms with Crippen molar-refractivity contribution < 1.29 is 9.84 Å². The maximum atomic E-state index is 9.04. The molecule has 2 aromatic rings. The Labute approximate surface area is 162 Å². The van der Waals surface area contributed by atoms with Crippen molar-refractivity contribution in [2.24, 2.45) is 0 Å². The van der Waals surface area contributed by atoms with Crippen molar-refractivity contribution in [1.29, 1.82) is 0 Å². The number of aryl methyl sites for hydroxylation is 1. The molecule has 2 heterocycles. The van der Waals surface area contributed by atoms with Crippen LogP contribution in [0.2, 0.25) is 0 Å². The molecule has 1 aliphatic carbocycles. The van der Waals surface area contributed by atoms with Crippen molar-refractivity contribution in [3.8, 4) is 16.9 Å². The first-order valence-corrected chi connectivity index (χ1v) is 10.4. The lowest BCUT2D eigenvalue weighted by molar-refractivity contribution is 0.0140. The van der Waals surface area contributed by atoms with Crippen LogP contribution < -0.4 is 4.74 Å². The molecule has 1 aliphatic heterocycles. The highest BCUT2D eigenvalue weighted by Gasteiger charge is 2.35. The summed E-state index contributed by atoms with van der Waals surface area (Å²) in [4.78, 5) is 7.04. The molecule has 1 saturated carbocycles. The van der Waals surface area contributed by atoms with Crippen LogP contribution in [-0.2, 0) is 6.42 Å². The predicted molar refractivity (Wildman–Crippen MR) is 108 cm³/mol. The van der Waals surface area contributed by atoms with Crippen molar-refractivity contribution in [1.82, 2.24) is 9.88 Å². The Kier molecular flexibility index (Phi) is 6.05. The summed E-state index contributed by atoms with van der Waals surface area (Å²) in [6.45, 7) is 2.23. The summed E-state index contributed by atoms with van der Waals surface area (Å²) in [5, 5.41) is 9.04. The zero-order chi connectivity index (χ0) is 18.5. The quantitative estimate of drug-likeness (QED) is 0.765. The van der Waals surface area contributed by atoms with Crippen LogP contribution in [0.4, 0.5) is 0 Å². The SMILES string of the molecule is OCCCc1cccc(-c2cncc(OCC3CCN3C3CCCC3)c2)c1. The maximum Gasteiger partial charge on any atom is 0.138 e. The Bertz CT molecular complexity index is 743. The molecule has 0 radical (unpaired) electrons. The molecule has 1 N–H and O–H groups in total. The second-order valence-electron chi connectivity index (χ2n) is 7.87. The number of rotatable bonds is 8. The van der Waals surface area contributed by atoms with E-state index in [4.69, 9.17) is 9.84 Å². The molecule has 4 nitrogen and oxygen atoms in total. The molecule has 0 spiro atoms. The van der Waals surface area contributed by atoms with Crippen LogP contribution in [0.15, 0.2) is 42.7 Å². The molecule has 27 heavy (non-hydrogen) atoms. The third kappa shape index (κ3) is 4.50. The number of aliphatic hydroxyl groups excluding tert-OH is 1. The van der Waals surface area contributed by atoms with Gasteiger partial charge in [-0.1, -0.05) is 37.1 Å². The Morgan fingerprint density at radius 1 is 1.07 bits per heavy atom. The average Bonchev–Trinajstić information content (AvgIpc) is 3.20. The molecule has 2 fully saturated rings. The first-order chi connectivity index (χ1) is 13.3. The first-order valence-electron chi connectivity index (χ1n) is 10.4. The second kappa shape index (κ2) is 8.85. The molecule has 0 bridgehead atoms. The van der Waals surface area contributed by atoms with Gasteiger partial charge in [0.1, 0.15) is 12.4 Å². The van der Waals surface area contributed by atoms with Crippen molar-refractivity contribution in [2.75, 3.05) is 19.8 Å². The highest BCUT2D eigenvalue weighted by molar-refractivity contribution is 5.64. The highest BCUT2D eigenvalue weighted by Crippen LogP contribution is 2.31. The number of nitrogens with zero attached hydrogens (tertiary/aromatic N) is 2. The van der Waals surface area contributed by atoms with E-state index in [1.807, 2.05) is 12.4 Å². The van der Waals surface area contributed by atoms with Gasteiger partial charge in [0.25, 0.3) is 0 Å². The standard InChI is InChI=1S/C23H30N2O2/c26-12-4-6-18-5-3-7-19(13-18)20-14-23(16-24-15-20)27-17-22-10-11-25(22)21-8-1-2-9-21/h3,5,7,13-16,21-22,26H,1-2,4,6,8-12,17H2. The lowest BCUT2D eigenvalue weighted by Gasteiger charge is -2.44. The van der Waals surface area contributed by atoms with Gasteiger partial charge in [-0.2, -0.15) is 0 Å². The number of benzene rings is 1. The predicted octanol–water partition coefficient (Wildman–Crippen LogP) is 4.07. The van der Waals surface area contributed by atoms with E-state index < -0.39 is 0 Å². The van der Waals surface area contributed by atoms with Crippen LogP contribution in [-0.4, -0.2) is 46.8 Å². The van der Waals surface area contributed by atoms with Crippen LogP contribution in [0.25, 0.3) is 11.1 Å². The minimum absolute atomic E-state index is 0.230. The van der Waals surface area contributed by atoms with Gasteiger partial charge in [-0.25, -0.2) is 0 Å². The van der Waals surface area contributed by atoms with Crippen LogP contribution in [0.1, 0.15) is 44.1 Å². The topological polar surface area (TPSA) is 45.6 Å². The lowest BCUT2D eigenvalue weighted by atomic mass is 9.99. The molecule has 2 aliphatic rings. The summed E-state index contributed by atoms with van der Waals surface area (Å²) in [6.07, 6.45) is 12.1. The fourth-order valence-electron chi connectivity index (χ4n) is 4.39. The van der Waals surface area contributed by atoms with E-state index in [1.165, 1.54) is 44.2 Å². The molecule has 144 valence electrons. The first kappa shape index (κ1) is 18.5. The molecule has 4 rings (SSSR count). The number of hydrogen-bond acceptors (Lipinski definition) is 4. The molecular formula is C23H30N2O2. The van der Waals surface area contributed by atoms with Crippen molar-refractivity contribution in [3.63, 3.8) is 0 Å². The third-order valence-electron chi connectivity index (χ3n) is 6.02. The normalized spacial score (nSPS) is 20.6. The van der Waals surface area contributed by atoms with Gasteiger partial charge in [-0.15, -0.1) is 0 Å². The van der Waals surface area contributed by atoms with Crippen LogP contribution in [0, 0.1) is 0 Å². The summed E-state index contributed by atoms with van der Waals surface area (Å²) in [5.74, 6) is 0.853. The van der Waals surface area contributed by atoms with Gasteiger partial charge in [-0.05, 0) is 49.3 Å². The smallest absolute Gasteiger partial charge is 0.138 e. The molecule has 1 unspecified atom stereocenters. The Hall–Kier alpha value is -1.91. The van der Waals surface area contributed by atoms with E-state index >= 15 is 0 Å². The highest BCUT2D eigenvalue weighted by atomic mass is 16.5. The maximum absolute atomic E-state index is 9.04. The molecule has 1 aromatic carbocycles. The summed E-state index contributed by atoms with van der Waals surface area (Å²) in [5.41, 5.74) is 3.48. The molecule has 4 heteroatoms. The monoisotopic (exact) mass is 366 g/mol. The average molecular weight is 367 g/mol. The number of likely N-dealkylation sites (tertiary alicyclic amines) is 1. The number of hydrogen-bond donors (Lipinski definition) is 1. The Balaban J connectivity index is 1.38. The molecule has 1 atom stereocenters. The van der Waals surface area contributed by atoms with E-state index in [1.54, 1.807) is 0 Å². The lowest BCUT2D eigenvalue weighted by Crippen LogP contribution is -2.54. The fraction of sp³-hybridized carbons (Fsp3) is 0.522. The van der Waals surface area contributed by atoms with Gasteiger partial charge >= 0.3 is 0 Å². The van der Waals surface area contributed by atoms with Gasteiger partial charge < -0.3 is 9.84 Å². The van der Waals surface area contributed by atoms with Gasteiger partial charge in [0.15, 0.2) is 0 Å². The van der Waals surface area contributed by atoms with Crippen molar-refractivity contribution in [2.45, 2.75) is 57.0 Å². The number of pyridine rings is 1. The summed E-state index contributed by atoms with van der Waals surface area (Å²) in [6, 6.07) is 11.9. The summed E-state index contributed by atoms with van der Waals surface area (Å²) in [7, 11) is 0. The molecule has 0 amide bonds. The van der Waals surface area contributed by atoms with Gasteiger partial charge in [-0.3, -0.25) is 9.88 Å². The van der Waals surface area contributed by atoms with Gasteiger partial charge in [0.05, 0.1) is 6.20 Å². The Morgan fingerprint density at radius 3 is 2.74 bits per heavy atom. The Morgan fingerprint density at radius 2 is 1.96 bits per heavy atom. The van der Waals surface area contributed by atoms with E-state index in [-0.39, 0.29) is 6.61 Å². The fourth-order valence-corrected chi connectivity index (χ4v) is 4.39. The van der Waals surface area contributed by atoms with Crippen molar-refractivity contribution in [3.05, 3.63) is 48.3 Å². The summed E-state index contributed by atoms with van der Waals surface area (Å²) < 4.78 is 6.12. The molecular weight excluding hydrogens is 336 g/mol. The zero-order valence-electron chi connectivity index (χ0n) is 16.0. The van der Waals surface area contributed by atoms with Gasteiger partial charge in [0.2, 0.25) is 0 Å². The largest absolute Gasteiger partial charge is 0.490 e. The number of aliphatic hydroxyl groups is 1. The molecule has 1 saturated heterocycles. The number of ether oxygens (including phenoxy) is 1. The minimum Gasteiger partial charge on any atom is -0.490 e. The number of aromatic nitrogens is 1. The van der Waals surface area contributed by atoms with E-state index in [2.05, 4.69) is 40.2 Å².